The van der Waals surface area contributed by atoms with Crippen LogP contribution in [0.15, 0.2) is 18.2 Å². The first kappa shape index (κ1) is 14.3. The number of nitrogens with zero attached hydrogens (tertiary/aromatic N) is 1. The topological polar surface area (TPSA) is 23.5 Å². The summed E-state index contributed by atoms with van der Waals surface area (Å²) in [6.45, 7) is 1.62. The summed E-state index contributed by atoms with van der Waals surface area (Å²) < 4.78 is 50.8. The highest BCUT2D eigenvalue weighted by Crippen LogP contribution is 2.32. The molecule has 1 aliphatic rings. The molecule has 1 aliphatic heterocycles. The molecule has 6 heteroatoms. The van der Waals surface area contributed by atoms with Crippen molar-refractivity contribution in [3.63, 3.8) is 0 Å². The minimum absolute atomic E-state index is 0.324. The van der Waals surface area contributed by atoms with Crippen molar-refractivity contribution in [3.05, 3.63) is 35.1 Å². The van der Waals surface area contributed by atoms with Gasteiger partial charge in [0.2, 0.25) is 0 Å². The molecule has 2 rings (SSSR count). The van der Waals surface area contributed by atoms with Crippen molar-refractivity contribution in [2.75, 3.05) is 13.1 Å². The van der Waals surface area contributed by atoms with Crippen molar-refractivity contribution in [3.8, 4) is 0 Å². The zero-order valence-corrected chi connectivity index (χ0v) is 10.3. The Labute approximate surface area is 108 Å². The van der Waals surface area contributed by atoms with Gasteiger partial charge in [-0.2, -0.15) is 13.2 Å². The first-order chi connectivity index (χ1) is 8.86. The highest BCUT2D eigenvalue weighted by molar-refractivity contribution is 5.27. The maximum atomic E-state index is 13.1. The summed E-state index contributed by atoms with van der Waals surface area (Å²) in [6, 6.07) is 3.09. The van der Waals surface area contributed by atoms with Crippen molar-refractivity contribution >= 4 is 0 Å². The summed E-state index contributed by atoms with van der Waals surface area (Å²) in [5.41, 5.74) is -0.785. The molecular weight excluding hydrogens is 262 g/mol. The van der Waals surface area contributed by atoms with Crippen LogP contribution in [0, 0.1) is 5.82 Å². The molecule has 2 nitrogen and oxygen atoms in total. The fraction of sp³-hybridized carbons (Fsp3) is 0.538. The van der Waals surface area contributed by atoms with E-state index in [0.717, 1.165) is 12.1 Å². The van der Waals surface area contributed by atoms with E-state index in [1.165, 1.54) is 6.07 Å². The van der Waals surface area contributed by atoms with Crippen molar-refractivity contribution in [2.45, 2.75) is 31.7 Å². The number of likely N-dealkylation sites (tertiary alicyclic amines) is 1. The summed E-state index contributed by atoms with van der Waals surface area (Å²) in [4.78, 5) is 1.96. The van der Waals surface area contributed by atoms with Crippen LogP contribution >= 0.6 is 0 Å². The van der Waals surface area contributed by atoms with Gasteiger partial charge in [0.1, 0.15) is 5.82 Å². The highest BCUT2D eigenvalue weighted by atomic mass is 19.4. The number of rotatable bonds is 2. The van der Waals surface area contributed by atoms with Crippen LogP contribution in [0.5, 0.6) is 0 Å². The van der Waals surface area contributed by atoms with Crippen molar-refractivity contribution < 1.29 is 22.7 Å². The van der Waals surface area contributed by atoms with E-state index in [9.17, 15) is 22.7 Å². The molecule has 0 unspecified atom stereocenters. The number of aliphatic hydroxyl groups is 1. The number of hydrogen-bond acceptors (Lipinski definition) is 2. The number of hydrogen-bond donors (Lipinski definition) is 1. The normalized spacial score (nSPS) is 18.8. The van der Waals surface area contributed by atoms with Crippen LogP contribution in [0.4, 0.5) is 17.6 Å². The molecule has 1 aromatic rings. The van der Waals surface area contributed by atoms with E-state index in [4.69, 9.17) is 0 Å². The van der Waals surface area contributed by atoms with Crippen molar-refractivity contribution in [1.29, 1.82) is 0 Å². The summed E-state index contributed by atoms with van der Waals surface area (Å²) >= 11 is 0. The third-order valence-corrected chi connectivity index (χ3v) is 3.30. The van der Waals surface area contributed by atoms with Crippen LogP contribution in [0.25, 0.3) is 0 Å². The van der Waals surface area contributed by atoms with Crippen LogP contribution in [0.2, 0.25) is 0 Å². The molecule has 0 amide bonds. The quantitative estimate of drug-likeness (QED) is 0.840. The van der Waals surface area contributed by atoms with Gasteiger partial charge in [-0.25, -0.2) is 4.39 Å². The molecule has 106 valence electrons. The molecule has 0 radical (unpaired) electrons. The Hall–Kier alpha value is -1.14. The molecule has 1 saturated heterocycles. The van der Waals surface area contributed by atoms with Crippen molar-refractivity contribution in [1.82, 2.24) is 4.90 Å². The first-order valence-corrected chi connectivity index (χ1v) is 6.12. The number of piperidine rings is 1. The van der Waals surface area contributed by atoms with Gasteiger partial charge in [-0.1, -0.05) is 6.07 Å². The second-order valence-corrected chi connectivity index (χ2v) is 4.82. The Bertz CT molecular complexity index is 439. The summed E-state index contributed by atoms with van der Waals surface area (Å²) in [5, 5.41) is 9.36. The lowest BCUT2D eigenvalue weighted by Gasteiger charge is -2.29. The average Bonchev–Trinajstić information content (AvgIpc) is 2.33. The minimum Gasteiger partial charge on any atom is -0.393 e. The monoisotopic (exact) mass is 277 g/mol. The standard InChI is InChI=1S/C13H15F4NO/c14-12-2-1-9(7-11(12)13(15,16)17)8-18-5-3-10(19)4-6-18/h1-2,7,10,19H,3-6,8H2. The molecule has 0 atom stereocenters. The summed E-state index contributed by atoms with van der Waals surface area (Å²) in [5.74, 6) is -1.25. The Morgan fingerprint density at radius 3 is 2.42 bits per heavy atom. The zero-order valence-electron chi connectivity index (χ0n) is 10.3. The number of alkyl halides is 3. The van der Waals surface area contributed by atoms with Gasteiger partial charge in [-0.3, -0.25) is 4.90 Å². The fourth-order valence-corrected chi connectivity index (χ4v) is 2.22. The second kappa shape index (κ2) is 5.46. The second-order valence-electron chi connectivity index (χ2n) is 4.82. The first-order valence-electron chi connectivity index (χ1n) is 6.12. The predicted molar refractivity (Wildman–Crippen MR) is 61.9 cm³/mol. The maximum absolute atomic E-state index is 13.1. The van der Waals surface area contributed by atoms with Crippen molar-refractivity contribution in [2.24, 2.45) is 0 Å². The number of benzene rings is 1. The molecule has 0 aliphatic carbocycles. The van der Waals surface area contributed by atoms with E-state index in [0.29, 0.717) is 38.0 Å². The maximum Gasteiger partial charge on any atom is 0.419 e. The lowest BCUT2D eigenvalue weighted by molar-refractivity contribution is -0.140. The van der Waals surface area contributed by atoms with Crippen LogP contribution in [-0.2, 0) is 12.7 Å². The molecule has 19 heavy (non-hydrogen) atoms. The van der Waals surface area contributed by atoms with Crippen LogP contribution in [0.1, 0.15) is 24.0 Å². The van der Waals surface area contributed by atoms with Crippen LogP contribution in [0.3, 0.4) is 0 Å². The Balaban J connectivity index is 2.09. The van der Waals surface area contributed by atoms with Gasteiger partial charge >= 0.3 is 6.18 Å². The minimum atomic E-state index is -4.67. The number of halogens is 4. The Morgan fingerprint density at radius 1 is 1.21 bits per heavy atom. The van der Waals surface area contributed by atoms with Crippen LogP contribution in [-0.4, -0.2) is 29.2 Å². The van der Waals surface area contributed by atoms with Gasteiger partial charge in [0, 0.05) is 19.6 Å². The van der Waals surface area contributed by atoms with E-state index < -0.39 is 17.6 Å². The third kappa shape index (κ3) is 3.67. The molecule has 1 heterocycles. The molecular formula is C13H15F4NO. The van der Waals surface area contributed by atoms with E-state index in [1.807, 2.05) is 4.90 Å². The van der Waals surface area contributed by atoms with Crippen LogP contribution < -0.4 is 0 Å². The van der Waals surface area contributed by atoms with Gasteiger partial charge in [0.25, 0.3) is 0 Å². The molecule has 1 aromatic carbocycles. The van der Waals surface area contributed by atoms with Gasteiger partial charge in [0.15, 0.2) is 0 Å². The van der Waals surface area contributed by atoms with Gasteiger partial charge in [-0.15, -0.1) is 0 Å². The van der Waals surface area contributed by atoms with Gasteiger partial charge in [-0.05, 0) is 30.5 Å². The molecule has 0 saturated carbocycles. The Morgan fingerprint density at radius 2 is 1.84 bits per heavy atom. The highest BCUT2D eigenvalue weighted by Gasteiger charge is 2.34. The molecule has 1 N–H and O–H groups in total. The predicted octanol–water partition coefficient (Wildman–Crippen LogP) is 2.80. The van der Waals surface area contributed by atoms with E-state index in [-0.39, 0.29) is 6.10 Å². The number of aliphatic hydroxyl groups excluding tert-OH is 1. The smallest absolute Gasteiger partial charge is 0.393 e. The van der Waals surface area contributed by atoms with Gasteiger partial charge in [0.05, 0.1) is 11.7 Å². The van der Waals surface area contributed by atoms with Gasteiger partial charge < -0.3 is 5.11 Å². The lowest BCUT2D eigenvalue weighted by atomic mass is 10.1. The third-order valence-electron chi connectivity index (χ3n) is 3.30. The zero-order chi connectivity index (χ0) is 14.0. The molecule has 1 fully saturated rings. The Kier molecular flexibility index (Phi) is 4.10. The molecule has 0 bridgehead atoms. The van der Waals surface area contributed by atoms with E-state index in [2.05, 4.69) is 0 Å². The van der Waals surface area contributed by atoms with E-state index in [1.54, 1.807) is 0 Å². The molecule has 0 spiro atoms. The largest absolute Gasteiger partial charge is 0.419 e. The average molecular weight is 277 g/mol. The summed E-state index contributed by atoms with van der Waals surface area (Å²) in [6.07, 6.45) is -3.76. The fourth-order valence-electron chi connectivity index (χ4n) is 2.22. The molecule has 0 aromatic heterocycles. The summed E-state index contributed by atoms with van der Waals surface area (Å²) in [7, 11) is 0. The lowest BCUT2D eigenvalue weighted by Crippen LogP contribution is -2.35. The van der Waals surface area contributed by atoms with E-state index >= 15 is 0 Å². The SMILES string of the molecule is OC1CCN(Cc2ccc(F)c(C(F)(F)F)c2)CC1.